The van der Waals surface area contributed by atoms with Crippen LogP contribution in [0.25, 0.3) is 11.0 Å². The first-order valence-corrected chi connectivity index (χ1v) is 6.58. The van der Waals surface area contributed by atoms with Crippen LogP contribution in [0.4, 0.5) is 0 Å². The van der Waals surface area contributed by atoms with E-state index < -0.39 is 5.97 Å². The molecule has 2 aromatic rings. The average Bonchev–Trinajstić information content (AvgIpc) is 2.75. The standard InChI is InChI=1S/C15H18O4/c1-3-5-11-12-9-10(18-8-4-2)6-7-13(12)19-14(11)15(16)17/h6-7,9H,3-5,8H2,1-2H3,(H,16,17). The Hall–Kier alpha value is -1.97. The lowest BCUT2D eigenvalue weighted by Gasteiger charge is -2.04. The Kier molecular flexibility index (Phi) is 4.10. The van der Waals surface area contributed by atoms with Gasteiger partial charge in [-0.15, -0.1) is 0 Å². The topological polar surface area (TPSA) is 59.7 Å². The van der Waals surface area contributed by atoms with Crippen molar-refractivity contribution < 1.29 is 19.1 Å². The zero-order chi connectivity index (χ0) is 13.8. The predicted octanol–water partition coefficient (Wildman–Crippen LogP) is 3.87. The molecule has 2 rings (SSSR count). The number of rotatable bonds is 6. The maximum absolute atomic E-state index is 11.2. The fourth-order valence-corrected chi connectivity index (χ4v) is 2.11. The molecule has 102 valence electrons. The molecule has 0 aliphatic rings. The van der Waals surface area contributed by atoms with Crippen LogP contribution >= 0.6 is 0 Å². The molecule has 1 aromatic heterocycles. The van der Waals surface area contributed by atoms with E-state index in [-0.39, 0.29) is 5.76 Å². The van der Waals surface area contributed by atoms with Gasteiger partial charge in [0, 0.05) is 10.9 Å². The number of hydrogen-bond acceptors (Lipinski definition) is 3. The maximum atomic E-state index is 11.2. The van der Waals surface area contributed by atoms with Gasteiger partial charge in [0.25, 0.3) is 0 Å². The number of benzene rings is 1. The normalized spacial score (nSPS) is 10.8. The fourth-order valence-electron chi connectivity index (χ4n) is 2.11. The van der Waals surface area contributed by atoms with Gasteiger partial charge in [-0.2, -0.15) is 0 Å². The number of fused-ring (bicyclic) bond motifs is 1. The number of furan rings is 1. The first-order chi connectivity index (χ1) is 9.17. The Bertz CT molecular complexity index is 583. The largest absolute Gasteiger partial charge is 0.494 e. The molecule has 0 aliphatic carbocycles. The first-order valence-electron chi connectivity index (χ1n) is 6.58. The summed E-state index contributed by atoms with van der Waals surface area (Å²) >= 11 is 0. The summed E-state index contributed by atoms with van der Waals surface area (Å²) in [4.78, 5) is 11.2. The van der Waals surface area contributed by atoms with E-state index >= 15 is 0 Å². The molecule has 19 heavy (non-hydrogen) atoms. The highest BCUT2D eigenvalue weighted by Gasteiger charge is 2.19. The van der Waals surface area contributed by atoms with Crippen molar-refractivity contribution in [2.24, 2.45) is 0 Å². The molecule has 1 heterocycles. The Labute approximate surface area is 112 Å². The van der Waals surface area contributed by atoms with E-state index in [1.165, 1.54) is 0 Å². The van der Waals surface area contributed by atoms with Crippen molar-refractivity contribution in [2.45, 2.75) is 33.1 Å². The summed E-state index contributed by atoms with van der Waals surface area (Å²) in [6, 6.07) is 5.45. The number of aryl methyl sites for hydroxylation is 1. The van der Waals surface area contributed by atoms with Crippen molar-refractivity contribution in [3.63, 3.8) is 0 Å². The van der Waals surface area contributed by atoms with Crippen molar-refractivity contribution in [1.82, 2.24) is 0 Å². The Morgan fingerprint density at radius 2 is 2.11 bits per heavy atom. The molecular formula is C15H18O4. The van der Waals surface area contributed by atoms with Gasteiger partial charge in [0.2, 0.25) is 5.76 Å². The van der Waals surface area contributed by atoms with Crippen LogP contribution in [-0.2, 0) is 6.42 Å². The van der Waals surface area contributed by atoms with Gasteiger partial charge >= 0.3 is 5.97 Å². The van der Waals surface area contributed by atoms with Crippen molar-refractivity contribution in [3.05, 3.63) is 29.5 Å². The summed E-state index contributed by atoms with van der Waals surface area (Å²) in [7, 11) is 0. The summed E-state index contributed by atoms with van der Waals surface area (Å²) in [5.41, 5.74) is 1.36. The van der Waals surface area contributed by atoms with Crippen LogP contribution in [0.3, 0.4) is 0 Å². The maximum Gasteiger partial charge on any atom is 0.372 e. The summed E-state index contributed by atoms with van der Waals surface area (Å²) in [5, 5.41) is 10.0. The third-order valence-electron chi connectivity index (χ3n) is 2.93. The molecule has 0 spiro atoms. The van der Waals surface area contributed by atoms with Crippen LogP contribution in [0.5, 0.6) is 5.75 Å². The highest BCUT2D eigenvalue weighted by Crippen LogP contribution is 2.30. The van der Waals surface area contributed by atoms with Gasteiger partial charge in [-0.3, -0.25) is 0 Å². The number of aromatic carboxylic acids is 1. The van der Waals surface area contributed by atoms with Gasteiger partial charge in [0.1, 0.15) is 11.3 Å². The zero-order valence-corrected chi connectivity index (χ0v) is 11.2. The van der Waals surface area contributed by atoms with E-state index in [1.54, 1.807) is 6.07 Å². The number of ether oxygens (including phenoxy) is 1. The molecule has 1 N–H and O–H groups in total. The lowest BCUT2D eigenvalue weighted by atomic mass is 10.1. The minimum Gasteiger partial charge on any atom is -0.494 e. The van der Waals surface area contributed by atoms with Gasteiger partial charge in [-0.25, -0.2) is 4.79 Å². The Morgan fingerprint density at radius 1 is 1.32 bits per heavy atom. The lowest BCUT2D eigenvalue weighted by Crippen LogP contribution is -1.98. The predicted molar refractivity (Wildman–Crippen MR) is 73.0 cm³/mol. The van der Waals surface area contributed by atoms with Crippen molar-refractivity contribution in [2.75, 3.05) is 6.61 Å². The molecule has 4 nitrogen and oxygen atoms in total. The minimum absolute atomic E-state index is 0.0458. The van der Waals surface area contributed by atoms with Gasteiger partial charge in [-0.05, 0) is 31.0 Å². The SMILES string of the molecule is CCCOc1ccc2oc(C(=O)O)c(CCC)c2c1. The van der Waals surface area contributed by atoms with Gasteiger partial charge in [-0.1, -0.05) is 20.3 Å². The van der Waals surface area contributed by atoms with Gasteiger partial charge < -0.3 is 14.3 Å². The third-order valence-corrected chi connectivity index (χ3v) is 2.93. The van der Waals surface area contributed by atoms with Crippen LogP contribution in [-0.4, -0.2) is 17.7 Å². The molecule has 0 radical (unpaired) electrons. The summed E-state index contributed by atoms with van der Waals surface area (Å²) in [6.07, 6.45) is 2.49. The summed E-state index contributed by atoms with van der Waals surface area (Å²) in [6.45, 7) is 4.71. The molecule has 1 aromatic carbocycles. The van der Waals surface area contributed by atoms with Crippen LogP contribution in [0, 0.1) is 0 Å². The number of carbonyl (C=O) groups is 1. The molecule has 0 amide bonds. The number of carboxylic acid groups (broad SMARTS) is 1. The second kappa shape index (κ2) is 5.78. The average molecular weight is 262 g/mol. The second-order valence-electron chi connectivity index (χ2n) is 4.47. The molecule has 0 fully saturated rings. The van der Waals surface area contributed by atoms with Crippen LogP contribution in [0.15, 0.2) is 22.6 Å². The fraction of sp³-hybridized carbons (Fsp3) is 0.400. The van der Waals surface area contributed by atoms with E-state index in [0.717, 1.165) is 29.5 Å². The summed E-state index contributed by atoms with van der Waals surface area (Å²) < 4.78 is 11.0. The quantitative estimate of drug-likeness (QED) is 0.858. The van der Waals surface area contributed by atoms with Crippen LogP contribution in [0.1, 0.15) is 42.8 Å². The smallest absolute Gasteiger partial charge is 0.372 e. The molecule has 0 atom stereocenters. The molecular weight excluding hydrogens is 244 g/mol. The highest BCUT2D eigenvalue weighted by atomic mass is 16.5. The Morgan fingerprint density at radius 3 is 2.74 bits per heavy atom. The van der Waals surface area contributed by atoms with Crippen molar-refractivity contribution in [1.29, 1.82) is 0 Å². The molecule has 4 heteroatoms. The van der Waals surface area contributed by atoms with E-state index in [9.17, 15) is 9.90 Å². The number of hydrogen-bond donors (Lipinski definition) is 1. The van der Waals surface area contributed by atoms with E-state index in [1.807, 2.05) is 26.0 Å². The van der Waals surface area contributed by atoms with Crippen molar-refractivity contribution >= 4 is 16.9 Å². The molecule has 0 unspecified atom stereocenters. The minimum atomic E-state index is -1.02. The first kappa shape index (κ1) is 13.5. The van der Waals surface area contributed by atoms with Crippen molar-refractivity contribution in [3.8, 4) is 5.75 Å². The Balaban J connectivity index is 2.49. The van der Waals surface area contributed by atoms with Crippen LogP contribution < -0.4 is 4.74 Å². The third kappa shape index (κ3) is 2.72. The molecule has 0 saturated heterocycles. The summed E-state index contributed by atoms with van der Waals surface area (Å²) in [5.74, 6) is -0.218. The van der Waals surface area contributed by atoms with E-state index in [4.69, 9.17) is 9.15 Å². The number of carboxylic acids is 1. The van der Waals surface area contributed by atoms with Crippen LogP contribution in [0.2, 0.25) is 0 Å². The lowest BCUT2D eigenvalue weighted by molar-refractivity contribution is 0.0663. The molecule has 0 bridgehead atoms. The molecule has 0 aliphatic heterocycles. The monoisotopic (exact) mass is 262 g/mol. The van der Waals surface area contributed by atoms with E-state index in [2.05, 4.69) is 0 Å². The second-order valence-corrected chi connectivity index (χ2v) is 4.47. The van der Waals surface area contributed by atoms with Gasteiger partial charge in [0.05, 0.1) is 6.61 Å². The van der Waals surface area contributed by atoms with Gasteiger partial charge in [0.15, 0.2) is 0 Å². The van der Waals surface area contributed by atoms with E-state index in [0.29, 0.717) is 18.6 Å². The zero-order valence-electron chi connectivity index (χ0n) is 11.2. The highest BCUT2D eigenvalue weighted by molar-refractivity contribution is 5.95. The molecule has 0 saturated carbocycles.